The Balaban J connectivity index is 1.31. The molecule has 176 valence electrons. The van der Waals surface area contributed by atoms with Crippen LogP contribution in [0.4, 0.5) is 0 Å². The summed E-state index contributed by atoms with van der Waals surface area (Å²) < 4.78 is 14.0. The lowest BCUT2D eigenvalue weighted by molar-refractivity contribution is 0.283. The van der Waals surface area contributed by atoms with E-state index < -0.39 is 0 Å². The van der Waals surface area contributed by atoms with Gasteiger partial charge in [0.1, 0.15) is 5.82 Å². The number of hydrogen-bond donors (Lipinski definition) is 0. The molecule has 1 aromatic heterocycles. The van der Waals surface area contributed by atoms with Crippen molar-refractivity contribution in [1.82, 2.24) is 14.5 Å². The predicted octanol–water partition coefficient (Wildman–Crippen LogP) is 5.66. The van der Waals surface area contributed by atoms with Crippen LogP contribution in [0, 0.1) is 0 Å². The lowest BCUT2D eigenvalue weighted by atomic mass is 10.1. The first-order valence-corrected chi connectivity index (χ1v) is 12.4. The first-order valence-electron chi connectivity index (χ1n) is 12.4. The van der Waals surface area contributed by atoms with Gasteiger partial charge in [0, 0.05) is 13.0 Å². The number of ether oxygens (including phenoxy) is 2. The fraction of sp³-hybridized carbons (Fsp3) is 0.464. The number of unbranched alkanes of at least 4 members (excludes halogenated alkanes) is 1. The van der Waals surface area contributed by atoms with Gasteiger partial charge in [-0.15, -0.1) is 6.58 Å². The summed E-state index contributed by atoms with van der Waals surface area (Å²) in [7, 11) is 1.69. The van der Waals surface area contributed by atoms with Crippen molar-refractivity contribution in [2.45, 2.75) is 51.5 Å². The smallest absolute Gasteiger partial charge is 0.161 e. The number of benzene rings is 2. The Kier molecular flexibility index (Phi) is 8.42. The Hall–Kier alpha value is -2.79. The summed E-state index contributed by atoms with van der Waals surface area (Å²) in [5.41, 5.74) is 3.53. The Morgan fingerprint density at radius 2 is 1.85 bits per heavy atom. The van der Waals surface area contributed by atoms with Crippen LogP contribution in [0.3, 0.4) is 0 Å². The number of hydrogen-bond acceptors (Lipinski definition) is 4. The Morgan fingerprint density at radius 1 is 1.00 bits per heavy atom. The van der Waals surface area contributed by atoms with E-state index >= 15 is 0 Å². The minimum absolute atomic E-state index is 0.675. The molecule has 1 aliphatic rings. The molecule has 0 radical (unpaired) electrons. The quantitative estimate of drug-likeness (QED) is 0.250. The molecule has 5 nitrogen and oxygen atoms in total. The van der Waals surface area contributed by atoms with Crippen molar-refractivity contribution in [3.8, 4) is 11.5 Å². The number of para-hydroxylation sites is 2. The second-order valence-electron chi connectivity index (χ2n) is 8.85. The number of likely N-dealkylation sites (tertiary alicyclic amines) is 1. The topological polar surface area (TPSA) is 39.5 Å². The van der Waals surface area contributed by atoms with Crippen LogP contribution in [0.5, 0.6) is 11.5 Å². The van der Waals surface area contributed by atoms with Gasteiger partial charge >= 0.3 is 0 Å². The van der Waals surface area contributed by atoms with Crippen LogP contribution in [-0.4, -0.2) is 47.8 Å². The van der Waals surface area contributed by atoms with Crippen LogP contribution in [0.25, 0.3) is 11.0 Å². The number of rotatable bonds is 13. The fourth-order valence-corrected chi connectivity index (χ4v) is 4.71. The summed E-state index contributed by atoms with van der Waals surface area (Å²) >= 11 is 0. The Labute approximate surface area is 198 Å². The summed E-state index contributed by atoms with van der Waals surface area (Å²) in [6, 6.07) is 14.6. The Bertz CT molecular complexity index is 1040. The van der Waals surface area contributed by atoms with Gasteiger partial charge < -0.3 is 18.9 Å². The first-order chi connectivity index (χ1) is 16.3. The molecule has 0 bridgehead atoms. The van der Waals surface area contributed by atoms with E-state index in [0.29, 0.717) is 6.61 Å². The maximum atomic E-state index is 6.04. The summed E-state index contributed by atoms with van der Waals surface area (Å²) in [6.45, 7) is 9.16. The summed E-state index contributed by atoms with van der Waals surface area (Å²) in [5, 5.41) is 0. The fourth-order valence-electron chi connectivity index (χ4n) is 4.71. The molecule has 2 aromatic carbocycles. The second-order valence-corrected chi connectivity index (χ2v) is 8.85. The van der Waals surface area contributed by atoms with Gasteiger partial charge in [0.05, 0.1) is 24.8 Å². The molecule has 0 aliphatic carbocycles. The standard InChI is InChI=1S/C28H37N3O2/c1-3-11-23-15-16-26(27(22-23)32-2)33-21-9-8-20-31-25-13-5-4-12-24(25)29-28(31)14-10-19-30-17-6-7-18-30/h3-5,12-13,15-16,22H,1,6-11,14,17-21H2,2H3. The van der Waals surface area contributed by atoms with Gasteiger partial charge in [0.25, 0.3) is 0 Å². The van der Waals surface area contributed by atoms with Crippen LogP contribution < -0.4 is 9.47 Å². The number of aryl methyl sites for hydroxylation is 2. The number of fused-ring (bicyclic) bond motifs is 1. The van der Waals surface area contributed by atoms with Gasteiger partial charge in [-0.2, -0.15) is 0 Å². The zero-order chi connectivity index (χ0) is 22.9. The third-order valence-corrected chi connectivity index (χ3v) is 6.45. The minimum Gasteiger partial charge on any atom is -0.493 e. The summed E-state index contributed by atoms with van der Waals surface area (Å²) in [5.74, 6) is 2.81. The summed E-state index contributed by atoms with van der Waals surface area (Å²) in [4.78, 5) is 7.54. The number of aromatic nitrogens is 2. The predicted molar refractivity (Wildman–Crippen MR) is 135 cm³/mol. The largest absolute Gasteiger partial charge is 0.493 e. The molecule has 4 rings (SSSR count). The molecule has 0 spiro atoms. The lowest BCUT2D eigenvalue weighted by Crippen LogP contribution is -2.21. The maximum absolute atomic E-state index is 6.04. The van der Waals surface area contributed by atoms with E-state index in [9.17, 15) is 0 Å². The lowest BCUT2D eigenvalue weighted by Gasteiger charge is -2.15. The van der Waals surface area contributed by atoms with Gasteiger partial charge in [0.15, 0.2) is 11.5 Å². The van der Waals surface area contributed by atoms with Gasteiger partial charge in [-0.3, -0.25) is 0 Å². The van der Waals surface area contributed by atoms with Crippen molar-refractivity contribution >= 4 is 11.0 Å². The highest BCUT2D eigenvalue weighted by molar-refractivity contribution is 5.75. The molecule has 3 aromatic rings. The van der Waals surface area contributed by atoms with Crippen LogP contribution in [-0.2, 0) is 19.4 Å². The van der Waals surface area contributed by atoms with Crippen LogP contribution in [0.15, 0.2) is 55.1 Å². The van der Waals surface area contributed by atoms with Crippen molar-refractivity contribution in [3.05, 3.63) is 66.5 Å². The van der Waals surface area contributed by atoms with Crippen molar-refractivity contribution in [2.75, 3.05) is 33.4 Å². The van der Waals surface area contributed by atoms with Gasteiger partial charge in [-0.25, -0.2) is 4.98 Å². The molecule has 0 unspecified atom stereocenters. The molecular weight excluding hydrogens is 410 g/mol. The third kappa shape index (κ3) is 6.17. The molecule has 33 heavy (non-hydrogen) atoms. The average molecular weight is 448 g/mol. The number of nitrogens with zero attached hydrogens (tertiary/aromatic N) is 3. The highest BCUT2D eigenvalue weighted by atomic mass is 16.5. The van der Waals surface area contributed by atoms with E-state index in [0.717, 1.165) is 49.2 Å². The molecule has 0 N–H and O–H groups in total. The molecule has 0 amide bonds. The minimum atomic E-state index is 0.675. The van der Waals surface area contributed by atoms with Crippen molar-refractivity contribution in [1.29, 1.82) is 0 Å². The van der Waals surface area contributed by atoms with Crippen molar-refractivity contribution < 1.29 is 9.47 Å². The van der Waals surface area contributed by atoms with E-state index in [4.69, 9.17) is 14.5 Å². The second kappa shape index (κ2) is 11.9. The van der Waals surface area contributed by atoms with Gasteiger partial charge in [0.2, 0.25) is 0 Å². The van der Waals surface area contributed by atoms with E-state index in [-0.39, 0.29) is 0 Å². The molecular formula is C28H37N3O2. The SMILES string of the molecule is C=CCc1ccc(OCCCCn2c(CCCN3CCCC3)nc3ccccc32)c(OC)c1. The van der Waals surface area contributed by atoms with E-state index in [1.807, 2.05) is 18.2 Å². The summed E-state index contributed by atoms with van der Waals surface area (Å²) in [6.07, 6.45) is 9.68. The molecule has 1 fully saturated rings. The number of methoxy groups -OCH3 is 1. The monoisotopic (exact) mass is 447 g/mol. The van der Waals surface area contributed by atoms with Gasteiger partial charge in [-0.1, -0.05) is 24.3 Å². The zero-order valence-electron chi connectivity index (χ0n) is 20.0. The third-order valence-electron chi connectivity index (χ3n) is 6.45. The first kappa shape index (κ1) is 23.4. The number of imidazole rings is 1. The molecule has 5 heteroatoms. The molecule has 1 saturated heterocycles. The zero-order valence-corrected chi connectivity index (χ0v) is 20.0. The normalized spacial score (nSPS) is 14.1. The maximum Gasteiger partial charge on any atom is 0.161 e. The average Bonchev–Trinajstić information content (AvgIpc) is 3.48. The molecule has 2 heterocycles. The molecule has 0 atom stereocenters. The van der Waals surface area contributed by atoms with Crippen molar-refractivity contribution in [2.24, 2.45) is 0 Å². The van der Waals surface area contributed by atoms with Crippen LogP contribution in [0.1, 0.15) is 43.5 Å². The molecule has 1 aliphatic heterocycles. The Morgan fingerprint density at radius 3 is 2.67 bits per heavy atom. The number of allylic oxidation sites excluding steroid dienone is 1. The van der Waals surface area contributed by atoms with Gasteiger partial charge in [-0.05, 0) is 88.0 Å². The highest BCUT2D eigenvalue weighted by Gasteiger charge is 2.14. The highest BCUT2D eigenvalue weighted by Crippen LogP contribution is 2.28. The van der Waals surface area contributed by atoms with Crippen LogP contribution in [0.2, 0.25) is 0 Å². The van der Waals surface area contributed by atoms with E-state index in [2.05, 4.69) is 46.4 Å². The molecule has 0 saturated carbocycles. The van der Waals surface area contributed by atoms with E-state index in [1.54, 1.807) is 7.11 Å². The van der Waals surface area contributed by atoms with Crippen molar-refractivity contribution in [3.63, 3.8) is 0 Å². The van der Waals surface area contributed by atoms with E-state index in [1.165, 1.54) is 55.8 Å². The van der Waals surface area contributed by atoms with Crippen LogP contribution >= 0.6 is 0 Å².